The van der Waals surface area contributed by atoms with Gasteiger partial charge in [-0.25, -0.2) is 0 Å². The fraction of sp³-hybridized carbons (Fsp3) is 0.263. The molecule has 3 rings (SSSR count). The molecule has 0 bridgehead atoms. The highest BCUT2D eigenvalue weighted by atomic mass is 16.5. The maximum absolute atomic E-state index is 12.6. The van der Waals surface area contributed by atoms with Gasteiger partial charge in [0, 0.05) is 0 Å². The molecule has 1 aliphatic rings. The number of amides is 2. The number of carbonyl (C=O) groups excluding carboxylic acids is 2. The summed E-state index contributed by atoms with van der Waals surface area (Å²) >= 11 is 0. The molecule has 1 heterocycles. The maximum atomic E-state index is 12.6. The predicted molar refractivity (Wildman–Crippen MR) is 95.1 cm³/mol. The number of rotatable bonds is 5. The lowest BCUT2D eigenvalue weighted by Gasteiger charge is -2.33. The molecule has 0 unspecified atom stereocenters. The van der Waals surface area contributed by atoms with Gasteiger partial charge in [-0.3, -0.25) is 14.5 Å². The highest BCUT2D eigenvalue weighted by Crippen LogP contribution is 2.34. The van der Waals surface area contributed by atoms with E-state index in [2.05, 4.69) is 5.32 Å². The van der Waals surface area contributed by atoms with E-state index in [1.165, 1.54) is 4.90 Å². The van der Waals surface area contributed by atoms with Crippen LogP contribution in [0, 0.1) is 0 Å². The number of hydrogen-bond acceptors (Lipinski definition) is 4. The van der Waals surface area contributed by atoms with Crippen LogP contribution in [0.25, 0.3) is 0 Å². The zero-order valence-electron chi connectivity index (χ0n) is 14.2. The molecule has 25 heavy (non-hydrogen) atoms. The second-order valence-corrected chi connectivity index (χ2v) is 5.66. The van der Waals surface area contributed by atoms with Gasteiger partial charge in [0.15, 0.2) is 6.10 Å². The Morgan fingerprint density at radius 1 is 1.20 bits per heavy atom. The molecule has 0 saturated carbocycles. The van der Waals surface area contributed by atoms with Crippen molar-refractivity contribution in [3.05, 3.63) is 48.5 Å². The van der Waals surface area contributed by atoms with Crippen LogP contribution in [0.15, 0.2) is 48.5 Å². The molecule has 0 aliphatic carbocycles. The number of hydrogen-bond donors (Lipinski definition) is 1. The lowest BCUT2D eigenvalue weighted by molar-refractivity contribution is -0.128. The van der Waals surface area contributed by atoms with Gasteiger partial charge in [0.05, 0.1) is 18.5 Å². The van der Waals surface area contributed by atoms with E-state index in [1.54, 1.807) is 37.4 Å². The minimum atomic E-state index is -0.575. The minimum absolute atomic E-state index is 0.0895. The van der Waals surface area contributed by atoms with Crippen molar-refractivity contribution in [1.29, 1.82) is 0 Å². The Hall–Kier alpha value is -3.02. The van der Waals surface area contributed by atoms with Gasteiger partial charge < -0.3 is 14.8 Å². The van der Waals surface area contributed by atoms with Gasteiger partial charge >= 0.3 is 0 Å². The van der Waals surface area contributed by atoms with Crippen LogP contribution in [0.2, 0.25) is 0 Å². The summed E-state index contributed by atoms with van der Waals surface area (Å²) in [6.07, 6.45) is -0.0356. The lowest BCUT2D eigenvalue weighted by atomic mass is 10.1. The summed E-state index contributed by atoms with van der Waals surface area (Å²) in [6.45, 7) is 1.79. The monoisotopic (exact) mass is 340 g/mol. The molecule has 1 N–H and O–H groups in total. The summed E-state index contributed by atoms with van der Waals surface area (Å²) in [6, 6.07) is 14.4. The third kappa shape index (κ3) is 3.42. The zero-order valence-corrected chi connectivity index (χ0v) is 14.2. The van der Waals surface area contributed by atoms with E-state index in [-0.39, 0.29) is 18.4 Å². The first-order chi connectivity index (χ1) is 12.1. The molecule has 2 aromatic rings. The van der Waals surface area contributed by atoms with E-state index in [9.17, 15) is 9.59 Å². The molecule has 2 aromatic carbocycles. The van der Waals surface area contributed by atoms with E-state index in [0.717, 1.165) is 0 Å². The summed E-state index contributed by atoms with van der Waals surface area (Å²) in [4.78, 5) is 26.6. The standard InChI is InChI=1S/C19H20N2O4/c1-3-15-19(23)21(14-9-5-7-11-17(14)25-15)12-18(22)20-13-8-4-6-10-16(13)24-2/h4-11,15H,3,12H2,1-2H3,(H,20,22)/t15-/m1/s1. The van der Waals surface area contributed by atoms with Gasteiger partial charge in [-0.1, -0.05) is 31.2 Å². The number of para-hydroxylation sites is 4. The van der Waals surface area contributed by atoms with Crippen molar-refractivity contribution in [1.82, 2.24) is 0 Å². The molecule has 0 saturated heterocycles. The van der Waals surface area contributed by atoms with Crippen molar-refractivity contribution < 1.29 is 19.1 Å². The molecule has 0 spiro atoms. The first-order valence-electron chi connectivity index (χ1n) is 8.14. The van der Waals surface area contributed by atoms with Crippen molar-refractivity contribution in [2.24, 2.45) is 0 Å². The van der Waals surface area contributed by atoms with E-state index in [4.69, 9.17) is 9.47 Å². The number of methoxy groups -OCH3 is 1. The Balaban J connectivity index is 1.81. The van der Waals surface area contributed by atoms with Gasteiger partial charge in [-0.15, -0.1) is 0 Å². The maximum Gasteiger partial charge on any atom is 0.268 e. The van der Waals surface area contributed by atoms with Gasteiger partial charge in [-0.05, 0) is 30.7 Å². The number of nitrogens with zero attached hydrogens (tertiary/aromatic N) is 1. The largest absolute Gasteiger partial charge is 0.495 e. The first-order valence-corrected chi connectivity index (χ1v) is 8.14. The SMILES string of the molecule is CC[C@H]1Oc2ccccc2N(CC(=O)Nc2ccccc2OC)C1=O. The Kier molecular flexibility index (Phi) is 4.88. The minimum Gasteiger partial charge on any atom is -0.495 e. The zero-order chi connectivity index (χ0) is 17.8. The van der Waals surface area contributed by atoms with E-state index < -0.39 is 6.10 Å². The van der Waals surface area contributed by atoms with Crippen LogP contribution in [0.1, 0.15) is 13.3 Å². The molecule has 130 valence electrons. The smallest absolute Gasteiger partial charge is 0.268 e. The van der Waals surface area contributed by atoms with Crippen molar-refractivity contribution in [3.8, 4) is 11.5 Å². The quantitative estimate of drug-likeness (QED) is 0.909. The summed E-state index contributed by atoms with van der Waals surface area (Å²) in [5.41, 5.74) is 1.17. The van der Waals surface area contributed by atoms with Crippen molar-refractivity contribution >= 4 is 23.2 Å². The van der Waals surface area contributed by atoms with Crippen LogP contribution in [0.4, 0.5) is 11.4 Å². The Bertz CT molecular complexity index is 790. The number of fused-ring (bicyclic) bond motifs is 1. The average Bonchev–Trinajstić information content (AvgIpc) is 2.64. The molecule has 6 nitrogen and oxygen atoms in total. The number of ether oxygens (including phenoxy) is 2. The van der Waals surface area contributed by atoms with Crippen LogP contribution < -0.4 is 19.7 Å². The van der Waals surface area contributed by atoms with Crippen LogP contribution >= 0.6 is 0 Å². The molecular formula is C19H20N2O4. The highest BCUT2D eigenvalue weighted by molar-refractivity contribution is 6.06. The highest BCUT2D eigenvalue weighted by Gasteiger charge is 2.34. The fourth-order valence-corrected chi connectivity index (χ4v) is 2.78. The number of benzene rings is 2. The molecule has 0 fully saturated rings. The van der Waals surface area contributed by atoms with Crippen molar-refractivity contribution in [2.45, 2.75) is 19.4 Å². The Labute approximate surface area is 146 Å². The van der Waals surface area contributed by atoms with Crippen LogP contribution in [-0.2, 0) is 9.59 Å². The van der Waals surface area contributed by atoms with Gasteiger partial charge in [-0.2, -0.15) is 0 Å². The summed E-state index contributed by atoms with van der Waals surface area (Å²) < 4.78 is 10.9. The topological polar surface area (TPSA) is 67.9 Å². The third-order valence-electron chi connectivity index (χ3n) is 4.02. The Morgan fingerprint density at radius 3 is 2.68 bits per heavy atom. The molecule has 2 amide bonds. The lowest BCUT2D eigenvalue weighted by Crippen LogP contribution is -2.48. The van der Waals surface area contributed by atoms with E-state index in [1.807, 2.05) is 25.1 Å². The van der Waals surface area contributed by atoms with Crippen LogP contribution in [0.3, 0.4) is 0 Å². The number of carbonyl (C=O) groups is 2. The van der Waals surface area contributed by atoms with Crippen LogP contribution in [-0.4, -0.2) is 31.6 Å². The summed E-state index contributed by atoms with van der Waals surface area (Å²) in [5, 5.41) is 2.79. The molecular weight excluding hydrogens is 320 g/mol. The van der Waals surface area contributed by atoms with E-state index >= 15 is 0 Å². The third-order valence-corrected chi connectivity index (χ3v) is 4.02. The van der Waals surface area contributed by atoms with Crippen LogP contribution in [0.5, 0.6) is 11.5 Å². The molecule has 1 aliphatic heterocycles. The predicted octanol–water partition coefficient (Wildman–Crippen LogP) is 2.84. The average molecular weight is 340 g/mol. The molecule has 0 aromatic heterocycles. The second kappa shape index (κ2) is 7.25. The fourth-order valence-electron chi connectivity index (χ4n) is 2.78. The Morgan fingerprint density at radius 2 is 1.92 bits per heavy atom. The molecule has 0 radical (unpaired) electrons. The molecule has 6 heteroatoms. The van der Waals surface area contributed by atoms with Crippen molar-refractivity contribution in [3.63, 3.8) is 0 Å². The molecule has 1 atom stereocenters. The normalized spacial score (nSPS) is 16.0. The van der Waals surface area contributed by atoms with Gasteiger partial charge in [0.2, 0.25) is 5.91 Å². The summed E-state index contributed by atoms with van der Waals surface area (Å²) in [7, 11) is 1.54. The number of anilines is 2. The van der Waals surface area contributed by atoms with Gasteiger partial charge in [0.1, 0.15) is 18.0 Å². The number of nitrogens with one attached hydrogen (secondary N) is 1. The van der Waals surface area contributed by atoms with Gasteiger partial charge in [0.25, 0.3) is 5.91 Å². The second-order valence-electron chi connectivity index (χ2n) is 5.66. The van der Waals surface area contributed by atoms with Crippen molar-refractivity contribution in [2.75, 3.05) is 23.9 Å². The first kappa shape index (κ1) is 16.8. The summed E-state index contributed by atoms with van der Waals surface area (Å²) in [5.74, 6) is 0.663. The van der Waals surface area contributed by atoms with E-state index in [0.29, 0.717) is 29.3 Å².